The molecule has 2 aliphatic heterocycles. The van der Waals surface area contributed by atoms with Crippen molar-refractivity contribution in [3.05, 3.63) is 47.5 Å². The second-order valence-electron chi connectivity index (χ2n) is 8.51. The highest BCUT2D eigenvalue weighted by Gasteiger charge is 2.25. The third kappa shape index (κ3) is 5.81. The molecular weight excluding hydrogens is 438 g/mol. The van der Waals surface area contributed by atoms with Crippen molar-refractivity contribution in [1.82, 2.24) is 15.1 Å². The average Bonchev–Trinajstić information content (AvgIpc) is 3.31. The van der Waals surface area contributed by atoms with E-state index in [0.29, 0.717) is 12.6 Å². The number of rotatable bonds is 8. The van der Waals surface area contributed by atoms with E-state index in [1.165, 1.54) is 5.56 Å². The Morgan fingerprint density at radius 2 is 1.76 bits per heavy atom. The molecule has 2 aromatic carbocycles. The summed E-state index contributed by atoms with van der Waals surface area (Å²) in [5.74, 6) is 3.09. The molecule has 0 aromatic heterocycles. The summed E-state index contributed by atoms with van der Waals surface area (Å²) in [6.45, 7) is 3.95. The van der Waals surface area contributed by atoms with Gasteiger partial charge in [0.05, 0.1) is 14.2 Å². The van der Waals surface area contributed by atoms with Gasteiger partial charge in [0.25, 0.3) is 0 Å². The molecule has 1 N–H and O–H groups in total. The van der Waals surface area contributed by atoms with E-state index in [-0.39, 0.29) is 6.79 Å². The van der Waals surface area contributed by atoms with Crippen LogP contribution in [-0.2, 0) is 13.0 Å². The molecule has 0 spiro atoms. The van der Waals surface area contributed by atoms with Crippen molar-refractivity contribution < 1.29 is 18.9 Å². The van der Waals surface area contributed by atoms with Gasteiger partial charge in [0.15, 0.2) is 28.1 Å². The van der Waals surface area contributed by atoms with Gasteiger partial charge in [-0.15, -0.1) is 0 Å². The van der Waals surface area contributed by atoms with E-state index in [1.807, 2.05) is 24.3 Å². The number of likely N-dealkylation sites (tertiary alicyclic amines) is 1. The molecule has 1 saturated heterocycles. The molecule has 0 amide bonds. The zero-order valence-corrected chi connectivity index (χ0v) is 20.5. The highest BCUT2D eigenvalue weighted by molar-refractivity contribution is 7.80. The van der Waals surface area contributed by atoms with Gasteiger partial charge in [0, 0.05) is 19.1 Å². The van der Waals surface area contributed by atoms with Crippen molar-refractivity contribution >= 4 is 17.3 Å². The Hall–Kier alpha value is -2.71. The molecule has 0 saturated carbocycles. The SMILES string of the molecule is COc1ccc(CCN(C(=S)NCc2ccc3c(c2)OCO3)C2CCN(C)CC2)cc1OC. The number of nitrogens with zero attached hydrogens (tertiary/aromatic N) is 2. The Morgan fingerprint density at radius 3 is 2.52 bits per heavy atom. The van der Waals surface area contributed by atoms with Crippen molar-refractivity contribution in [2.24, 2.45) is 0 Å². The highest BCUT2D eigenvalue weighted by Crippen LogP contribution is 2.32. The number of ether oxygens (including phenoxy) is 4. The fourth-order valence-electron chi connectivity index (χ4n) is 4.37. The van der Waals surface area contributed by atoms with Gasteiger partial charge >= 0.3 is 0 Å². The molecular formula is C25H33N3O4S. The number of hydrogen-bond donors (Lipinski definition) is 1. The van der Waals surface area contributed by atoms with Crippen LogP contribution in [0.3, 0.4) is 0 Å². The summed E-state index contributed by atoms with van der Waals surface area (Å²) in [7, 11) is 5.51. The lowest BCUT2D eigenvalue weighted by Gasteiger charge is -2.39. The molecule has 33 heavy (non-hydrogen) atoms. The number of methoxy groups -OCH3 is 2. The van der Waals surface area contributed by atoms with Gasteiger partial charge in [-0.05, 0) is 87.0 Å². The molecule has 1 fully saturated rings. The van der Waals surface area contributed by atoms with E-state index >= 15 is 0 Å². The largest absolute Gasteiger partial charge is 0.493 e. The van der Waals surface area contributed by atoms with Crippen LogP contribution in [0.1, 0.15) is 24.0 Å². The molecule has 2 heterocycles. The Bertz CT molecular complexity index is 963. The molecule has 7 nitrogen and oxygen atoms in total. The van der Waals surface area contributed by atoms with Crippen molar-refractivity contribution in [1.29, 1.82) is 0 Å². The summed E-state index contributed by atoms with van der Waals surface area (Å²) >= 11 is 5.89. The minimum atomic E-state index is 0.282. The smallest absolute Gasteiger partial charge is 0.231 e. The zero-order chi connectivity index (χ0) is 23.2. The van der Waals surface area contributed by atoms with E-state index in [9.17, 15) is 0 Å². The summed E-state index contributed by atoms with van der Waals surface area (Å²) in [5, 5.41) is 4.27. The van der Waals surface area contributed by atoms with Crippen LogP contribution in [0, 0.1) is 0 Å². The van der Waals surface area contributed by atoms with Gasteiger partial charge in [-0.2, -0.15) is 0 Å². The first-order valence-electron chi connectivity index (χ1n) is 11.4. The molecule has 0 atom stereocenters. The van der Waals surface area contributed by atoms with Crippen molar-refractivity contribution in [2.75, 3.05) is 47.7 Å². The van der Waals surface area contributed by atoms with E-state index in [0.717, 1.165) is 72.6 Å². The van der Waals surface area contributed by atoms with Crippen LogP contribution in [0.25, 0.3) is 0 Å². The lowest BCUT2D eigenvalue weighted by molar-refractivity contribution is 0.174. The fourth-order valence-corrected chi connectivity index (χ4v) is 4.68. The lowest BCUT2D eigenvalue weighted by atomic mass is 10.0. The van der Waals surface area contributed by atoms with Crippen LogP contribution in [-0.4, -0.2) is 68.6 Å². The van der Waals surface area contributed by atoms with Crippen LogP contribution in [0.15, 0.2) is 36.4 Å². The zero-order valence-electron chi connectivity index (χ0n) is 19.6. The third-order valence-corrected chi connectivity index (χ3v) is 6.74. The molecule has 0 radical (unpaired) electrons. The van der Waals surface area contributed by atoms with Gasteiger partial charge in [0.1, 0.15) is 0 Å². The maximum absolute atomic E-state index is 5.89. The topological polar surface area (TPSA) is 55.4 Å². The normalized spacial score (nSPS) is 15.8. The van der Waals surface area contributed by atoms with Gasteiger partial charge in [-0.1, -0.05) is 12.1 Å². The minimum absolute atomic E-state index is 0.282. The summed E-state index contributed by atoms with van der Waals surface area (Å²) in [4.78, 5) is 4.75. The second kappa shape index (κ2) is 10.9. The van der Waals surface area contributed by atoms with Gasteiger partial charge < -0.3 is 34.1 Å². The Morgan fingerprint density at radius 1 is 1.03 bits per heavy atom. The lowest BCUT2D eigenvalue weighted by Crippen LogP contribution is -2.50. The van der Waals surface area contributed by atoms with Gasteiger partial charge in [-0.25, -0.2) is 0 Å². The van der Waals surface area contributed by atoms with Crippen LogP contribution >= 0.6 is 12.2 Å². The second-order valence-corrected chi connectivity index (χ2v) is 8.90. The van der Waals surface area contributed by atoms with E-state index in [2.05, 4.69) is 34.3 Å². The number of piperidine rings is 1. The molecule has 0 unspecified atom stereocenters. The van der Waals surface area contributed by atoms with E-state index < -0.39 is 0 Å². The number of thiocarbonyl (C=S) groups is 1. The molecule has 0 aliphatic carbocycles. The molecule has 8 heteroatoms. The van der Waals surface area contributed by atoms with Crippen molar-refractivity contribution in [3.63, 3.8) is 0 Å². The number of benzene rings is 2. The first kappa shape index (κ1) is 23.4. The minimum Gasteiger partial charge on any atom is -0.493 e. The molecule has 4 rings (SSSR count). The average molecular weight is 472 g/mol. The maximum atomic E-state index is 5.89. The number of fused-ring (bicyclic) bond motifs is 1. The summed E-state index contributed by atoms with van der Waals surface area (Å²) in [6.07, 6.45) is 3.08. The van der Waals surface area contributed by atoms with Gasteiger partial charge in [-0.3, -0.25) is 0 Å². The van der Waals surface area contributed by atoms with Gasteiger partial charge in [0.2, 0.25) is 6.79 Å². The van der Waals surface area contributed by atoms with Crippen LogP contribution in [0.5, 0.6) is 23.0 Å². The molecule has 178 valence electrons. The molecule has 2 aliphatic rings. The molecule has 0 bridgehead atoms. The number of hydrogen-bond acceptors (Lipinski definition) is 6. The van der Waals surface area contributed by atoms with E-state index in [1.54, 1.807) is 14.2 Å². The first-order valence-corrected chi connectivity index (χ1v) is 11.8. The predicted molar refractivity (Wildman–Crippen MR) is 132 cm³/mol. The summed E-state index contributed by atoms with van der Waals surface area (Å²) in [5.41, 5.74) is 2.31. The standard InChI is InChI=1S/C25H33N3O4S/c1-27-11-9-20(10-12-27)28(13-8-18-4-6-21(29-2)23(14-18)30-3)25(33)26-16-19-5-7-22-24(15-19)32-17-31-22/h4-7,14-15,20H,8-13,16-17H2,1-3H3,(H,26,33). The first-order chi connectivity index (χ1) is 16.1. The fraction of sp³-hybridized carbons (Fsp3) is 0.480. The Balaban J connectivity index is 1.42. The highest BCUT2D eigenvalue weighted by atomic mass is 32.1. The predicted octanol–water partition coefficient (Wildman–Crippen LogP) is 3.45. The van der Waals surface area contributed by atoms with Crippen LogP contribution in [0.4, 0.5) is 0 Å². The quantitative estimate of drug-likeness (QED) is 0.588. The maximum Gasteiger partial charge on any atom is 0.231 e. The Labute approximate surface area is 201 Å². The third-order valence-electron chi connectivity index (χ3n) is 6.36. The summed E-state index contributed by atoms with van der Waals surface area (Å²) < 4.78 is 21.8. The van der Waals surface area contributed by atoms with Crippen LogP contribution < -0.4 is 24.3 Å². The summed E-state index contributed by atoms with van der Waals surface area (Å²) in [6, 6.07) is 12.6. The monoisotopic (exact) mass is 471 g/mol. The molecule has 2 aromatic rings. The van der Waals surface area contributed by atoms with E-state index in [4.69, 9.17) is 31.2 Å². The number of nitrogens with one attached hydrogen (secondary N) is 1. The van der Waals surface area contributed by atoms with Crippen LogP contribution in [0.2, 0.25) is 0 Å². The van der Waals surface area contributed by atoms with Crippen molar-refractivity contribution in [2.45, 2.75) is 31.8 Å². The Kier molecular flexibility index (Phi) is 7.77. The van der Waals surface area contributed by atoms with Crippen molar-refractivity contribution in [3.8, 4) is 23.0 Å².